The summed E-state index contributed by atoms with van der Waals surface area (Å²) in [5.74, 6) is -4.85. The minimum atomic E-state index is -4.17. The zero-order valence-corrected chi connectivity index (χ0v) is 10.1. The Hall–Kier alpha value is -1.75. The summed E-state index contributed by atoms with van der Waals surface area (Å²) < 4.78 is 63.7. The predicted molar refractivity (Wildman–Crippen MR) is 58.6 cm³/mol. The van der Waals surface area contributed by atoms with Gasteiger partial charge in [-0.2, -0.15) is 5.26 Å². The molecule has 0 aliphatic rings. The third-order valence-electron chi connectivity index (χ3n) is 2.18. The summed E-state index contributed by atoms with van der Waals surface area (Å²) >= 11 is 0. The van der Waals surface area contributed by atoms with Crippen molar-refractivity contribution in [2.45, 2.75) is 18.6 Å². The lowest BCUT2D eigenvalue weighted by Gasteiger charge is -2.12. The van der Waals surface area contributed by atoms with Gasteiger partial charge >= 0.3 is 0 Å². The van der Waals surface area contributed by atoms with Crippen molar-refractivity contribution in [3.8, 4) is 6.07 Å². The molecule has 4 nitrogen and oxygen atoms in total. The number of nitriles is 1. The van der Waals surface area contributed by atoms with Gasteiger partial charge in [0.25, 0.3) is 0 Å². The highest BCUT2D eigenvalue weighted by atomic mass is 32.2. The number of hydrogen-bond acceptors (Lipinski definition) is 3. The van der Waals surface area contributed by atoms with Gasteiger partial charge in [0.05, 0.1) is 11.8 Å². The first-order valence-electron chi connectivity index (χ1n) is 4.88. The van der Waals surface area contributed by atoms with E-state index in [0.717, 1.165) is 6.07 Å². The van der Waals surface area contributed by atoms with E-state index in [1.807, 2.05) is 0 Å². The lowest BCUT2D eigenvalue weighted by Crippen LogP contribution is -2.26. The van der Waals surface area contributed by atoms with Crippen molar-refractivity contribution < 1.29 is 21.6 Å². The molecule has 1 rings (SSSR count). The van der Waals surface area contributed by atoms with Crippen LogP contribution in [0.4, 0.5) is 18.9 Å². The van der Waals surface area contributed by atoms with E-state index in [2.05, 4.69) is 0 Å². The number of rotatable bonds is 4. The molecule has 8 heteroatoms. The van der Waals surface area contributed by atoms with Gasteiger partial charge in [-0.15, -0.1) is 0 Å². The van der Waals surface area contributed by atoms with Gasteiger partial charge in [0, 0.05) is 0 Å². The lowest BCUT2D eigenvalue weighted by molar-refractivity contribution is 0.449. The second kappa shape index (κ2) is 5.27. The monoisotopic (exact) mass is 278 g/mol. The molecular weight excluding hydrogens is 269 g/mol. The number of halogens is 3. The van der Waals surface area contributed by atoms with E-state index in [4.69, 9.17) is 5.26 Å². The maximum absolute atomic E-state index is 13.2. The Morgan fingerprint density at radius 2 is 1.94 bits per heavy atom. The van der Waals surface area contributed by atoms with E-state index in [9.17, 15) is 21.6 Å². The van der Waals surface area contributed by atoms with Crippen LogP contribution in [0.3, 0.4) is 0 Å². The summed E-state index contributed by atoms with van der Waals surface area (Å²) in [5, 5.41) is 7.21. The predicted octanol–water partition coefficient (Wildman–Crippen LogP) is 2.15. The lowest BCUT2D eigenvalue weighted by atomic mass is 10.3. The maximum atomic E-state index is 13.2. The van der Waals surface area contributed by atoms with Crippen molar-refractivity contribution in [1.82, 2.24) is 0 Å². The van der Waals surface area contributed by atoms with Crippen LogP contribution in [0.2, 0.25) is 0 Å². The molecule has 1 N–H and O–H groups in total. The second-order valence-corrected chi connectivity index (χ2v) is 5.26. The van der Waals surface area contributed by atoms with Crippen molar-refractivity contribution in [3.05, 3.63) is 29.6 Å². The molecular formula is C10H9F3N2O2S. The van der Waals surface area contributed by atoms with Gasteiger partial charge in [-0.05, 0) is 18.6 Å². The van der Waals surface area contributed by atoms with E-state index < -0.39 is 38.4 Å². The number of nitrogens with zero attached hydrogens (tertiary/aromatic N) is 1. The average Bonchev–Trinajstić information content (AvgIpc) is 2.31. The molecule has 1 aromatic carbocycles. The molecule has 1 atom stereocenters. The quantitative estimate of drug-likeness (QED) is 0.858. The second-order valence-electron chi connectivity index (χ2n) is 3.40. The molecule has 0 bridgehead atoms. The number of nitrogens with one attached hydrogen (secondary N) is 1. The van der Waals surface area contributed by atoms with Crippen LogP contribution in [0.25, 0.3) is 0 Å². The van der Waals surface area contributed by atoms with Crippen LogP contribution in [-0.4, -0.2) is 13.7 Å². The summed E-state index contributed by atoms with van der Waals surface area (Å²) in [7, 11) is -4.17. The Kier molecular flexibility index (Phi) is 4.19. The number of anilines is 1. The SMILES string of the molecule is CCC(C#N)S(=O)(=O)Nc1ccc(F)c(F)c1F. The molecule has 0 saturated carbocycles. The fourth-order valence-corrected chi connectivity index (χ4v) is 2.39. The van der Waals surface area contributed by atoms with Crippen LogP contribution in [0.15, 0.2) is 12.1 Å². The highest BCUT2D eigenvalue weighted by Crippen LogP contribution is 2.21. The van der Waals surface area contributed by atoms with Gasteiger partial charge in [0.1, 0.15) is 0 Å². The van der Waals surface area contributed by atoms with Crippen LogP contribution in [-0.2, 0) is 10.0 Å². The molecule has 98 valence electrons. The third kappa shape index (κ3) is 2.73. The van der Waals surface area contributed by atoms with Crippen LogP contribution in [0.5, 0.6) is 0 Å². The number of hydrogen-bond donors (Lipinski definition) is 1. The van der Waals surface area contributed by atoms with Gasteiger partial charge in [-0.3, -0.25) is 4.72 Å². The molecule has 0 aliphatic carbocycles. The number of benzene rings is 1. The summed E-state index contributed by atoms with van der Waals surface area (Å²) in [6.45, 7) is 1.45. The van der Waals surface area contributed by atoms with Gasteiger partial charge in [0.2, 0.25) is 10.0 Å². The average molecular weight is 278 g/mol. The molecule has 0 radical (unpaired) electrons. The van der Waals surface area contributed by atoms with E-state index >= 15 is 0 Å². The normalized spacial score (nSPS) is 12.8. The Morgan fingerprint density at radius 3 is 2.44 bits per heavy atom. The molecule has 0 aliphatic heterocycles. The van der Waals surface area contributed by atoms with E-state index in [1.165, 1.54) is 13.0 Å². The highest BCUT2D eigenvalue weighted by molar-refractivity contribution is 7.93. The maximum Gasteiger partial charge on any atom is 0.249 e. The zero-order chi connectivity index (χ0) is 13.9. The van der Waals surface area contributed by atoms with Crippen molar-refractivity contribution in [1.29, 1.82) is 5.26 Å². The first-order valence-corrected chi connectivity index (χ1v) is 6.42. The number of sulfonamides is 1. The van der Waals surface area contributed by atoms with Crippen LogP contribution < -0.4 is 4.72 Å². The summed E-state index contributed by atoms with van der Waals surface area (Å²) in [6.07, 6.45) is -0.0167. The van der Waals surface area contributed by atoms with Crippen molar-refractivity contribution >= 4 is 15.7 Å². The molecule has 0 amide bonds. The zero-order valence-electron chi connectivity index (χ0n) is 9.25. The van der Waals surface area contributed by atoms with E-state index in [-0.39, 0.29) is 6.42 Å². The molecule has 0 saturated heterocycles. The summed E-state index contributed by atoms with van der Waals surface area (Å²) in [5.41, 5.74) is -0.734. The highest BCUT2D eigenvalue weighted by Gasteiger charge is 2.25. The molecule has 1 unspecified atom stereocenters. The van der Waals surface area contributed by atoms with Crippen LogP contribution in [0, 0.1) is 28.8 Å². The Balaban J connectivity index is 3.14. The van der Waals surface area contributed by atoms with Gasteiger partial charge < -0.3 is 0 Å². The molecule has 1 aromatic rings. The van der Waals surface area contributed by atoms with Crippen molar-refractivity contribution in [3.63, 3.8) is 0 Å². The van der Waals surface area contributed by atoms with E-state index in [0.29, 0.717) is 6.07 Å². The van der Waals surface area contributed by atoms with Crippen molar-refractivity contribution in [2.24, 2.45) is 0 Å². The third-order valence-corrected chi connectivity index (χ3v) is 3.87. The molecule has 18 heavy (non-hydrogen) atoms. The van der Waals surface area contributed by atoms with Crippen molar-refractivity contribution in [2.75, 3.05) is 4.72 Å². The van der Waals surface area contributed by atoms with Gasteiger partial charge in [-0.25, -0.2) is 21.6 Å². The van der Waals surface area contributed by atoms with Crippen LogP contribution in [0.1, 0.15) is 13.3 Å². The molecule has 0 fully saturated rings. The van der Waals surface area contributed by atoms with E-state index in [1.54, 1.807) is 4.72 Å². The fourth-order valence-electron chi connectivity index (χ4n) is 1.21. The topological polar surface area (TPSA) is 70.0 Å². The van der Waals surface area contributed by atoms with Gasteiger partial charge in [0.15, 0.2) is 22.7 Å². The largest absolute Gasteiger partial charge is 0.279 e. The molecule has 0 spiro atoms. The minimum absolute atomic E-state index is 0.0167. The van der Waals surface area contributed by atoms with Crippen LogP contribution >= 0.6 is 0 Å². The Morgan fingerprint density at radius 1 is 1.33 bits per heavy atom. The minimum Gasteiger partial charge on any atom is -0.279 e. The Labute approximate surface area is 102 Å². The smallest absolute Gasteiger partial charge is 0.249 e. The standard InChI is InChI=1S/C10H9F3N2O2S/c1-2-6(5-14)18(16,17)15-8-4-3-7(11)9(12)10(8)13/h3-4,6,15H,2H2,1H3. The fraction of sp³-hybridized carbons (Fsp3) is 0.300. The molecule has 0 aromatic heterocycles. The Bertz CT molecular complexity index is 596. The summed E-state index contributed by atoms with van der Waals surface area (Å²) in [4.78, 5) is 0. The first-order chi connectivity index (χ1) is 8.33. The first kappa shape index (κ1) is 14.3. The molecule has 0 heterocycles. The summed E-state index contributed by atoms with van der Waals surface area (Å²) in [6, 6.07) is 2.85. The van der Waals surface area contributed by atoms with Gasteiger partial charge in [-0.1, -0.05) is 6.92 Å².